The lowest BCUT2D eigenvalue weighted by molar-refractivity contribution is 0.559. The standard InChI is InChI=1S/C11H14N6/c1-2-5-13-10(3-1)8-17-15-11(14-16-17)9-4-6-12-7-9/h1-3,5,9,12H,4,6-8H2. The Morgan fingerprint density at radius 2 is 2.41 bits per heavy atom. The average molecular weight is 230 g/mol. The summed E-state index contributed by atoms with van der Waals surface area (Å²) in [7, 11) is 0. The molecule has 1 N–H and O–H groups in total. The minimum atomic E-state index is 0.410. The minimum Gasteiger partial charge on any atom is -0.316 e. The van der Waals surface area contributed by atoms with Crippen LogP contribution >= 0.6 is 0 Å². The summed E-state index contributed by atoms with van der Waals surface area (Å²) in [5.74, 6) is 1.25. The average Bonchev–Trinajstić information content (AvgIpc) is 3.00. The SMILES string of the molecule is c1ccc(Cn2nnc(C3CCNC3)n2)nc1. The molecule has 0 saturated carbocycles. The summed E-state index contributed by atoms with van der Waals surface area (Å²) in [6, 6.07) is 5.81. The van der Waals surface area contributed by atoms with Gasteiger partial charge in [0, 0.05) is 18.7 Å². The largest absolute Gasteiger partial charge is 0.316 e. The first-order valence-corrected chi connectivity index (χ1v) is 5.80. The summed E-state index contributed by atoms with van der Waals surface area (Å²) in [4.78, 5) is 5.85. The lowest BCUT2D eigenvalue weighted by Crippen LogP contribution is -2.10. The first-order chi connectivity index (χ1) is 8.42. The third-order valence-corrected chi connectivity index (χ3v) is 2.92. The number of nitrogens with one attached hydrogen (secondary N) is 1. The van der Waals surface area contributed by atoms with Gasteiger partial charge in [0.25, 0.3) is 0 Å². The Kier molecular flexibility index (Phi) is 2.79. The lowest BCUT2D eigenvalue weighted by Gasteiger charge is -2.00. The first kappa shape index (κ1) is 10.3. The molecule has 0 spiro atoms. The predicted molar refractivity (Wildman–Crippen MR) is 61.4 cm³/mol. The Morgan fingerprint density at radius 3 is 3.18 bits per heavy atom. The van der Waals surface area contributed by atoms with Crippen LogP contribution in [0.2, 0.25) is 0 Å². The van der Waals surface area contributed by atoms with Crippen LogP contribution in [0.5, 0.6) is 0 Å². The molecule has 1 unspecified atom stereocenters. The summed E-state index contributed by atoms with van der Waals surface area (Å²) in [5, 5.41) is 15.9. The van der Waals surface area contributed by atoms with Crippen molar-refractivity contribution in [3.63, 3.8) is 0 Å². The Balaban J connectivity index is 1.72. The molecule has 0 bridgehead atoms. The summed E-state index contributed by atoms with van der Waals surface area (Å²) in [5.41, 5.74) is 0.945. The molecule has 2 aromatic heterocycles. The molecule has 1 aliphatic rings. The van der Waals surface area contributed by atoms with Gasteiger partial charge in [-0.3, -0.25) is 4.98 Å². The van der Waals surface area contributed by atoms with Gasteiger partial charge in [-0.25, -0.2) is 0 Å². The van der Waals surface area contributed by atoms with E-state index in [-0.39, 0.29) is 0 Å². The quantitative estimate of drug-likeness (QED) is 0.815. The summed E-state index contributed by atoms with van der Waals surface area (Å²) >= 11 is 0. The Bertz CT molecular complexity index is 474. The molecule has 88 valence electrons. The topological polar surface area (TPSA) is 68.5 Å². The van der Waals surface area contributed by atoms with Gasteiger partial charge in [0.05, 0.1) is 5.69 Å². The molecule has 1 atom stereocenters. The van der Waals surface area contributed by atoms with Gasteiger partial charge in [-0.05, 0) is 30.3 Å². The van der Waals surface area contributed by atoms with Crippen LogP contribution in [0.3, 0.4) is 0 Å². The number of rotatable bonds is 3. The van der Waals surface area contributed by atoms with Crippen LogP contribution in [0.1, 0.15) is 23.9 Å². The second kappa shape index (κ2) is 4.58. The van der Waals surface area contributed by atoms with Gasteiger partial charge in [-0.1, -0.05) is 6.07 Å². The van der Waals surface area contributed by atoms with Crippen molar-refractivity contribution in [3.05, 3.63) is 35.9 Å². The second-order valence-electron chi connectivity index (χ2n) is 4.19. The summed E-state index contributed by atoms with van der Waals surface area (Å²) in [6.07, 6.45) is 2.86. The van der Waals surface area contributed by atoms with Crippen molar-refractivity contribution in [3.8, 4) is 0 Å². The molecule has 6 nitrogen and oxygen atoms in total. The van der Waals surface area contributed by atoms with Crippen molar-refractivity contribution in [1.82, 2.24) is 30.5 Å². The van der Waals surface area contributed by atoms with Crippen molar-refractivity contribution in [2.45, 2.75) is 18.9 Å². The van der Waals surface area contributed by atoms with Crippen molar-refractivity contribution in [2.75, 3.05) is 13.1 Å². The third kappa shape index (κ3) is 2.31. The van der Waals surface area contributed by atoms with E-state index in [0.29, 0.717) is 12.5 Å². The lowest BCUT2D eigenvalue weighted by atomic mass is 10.1. The van der Waals surface area contributed by atoms with Crippen LogP contribution in [-0.4, -0.2) is 38.3 Å². The summed E-state index contributed by atoms with van der Waals surface area (Å²) < 4.78 is 0. The van der Waals surface area contributed by atoms with Crippen LogP contribution in [0.15, 0.2) is 24.4 Å². The van der Waals surface area contributed by atoms with E-state index in [1.165, 1.54) is 0 Å². The molecular formula is C11H14N6. The van der Waals surface area contributed by atoms with Gasteiger partial charge in [-0.15, -0.1) is 10.2 Å². The molecule has 17 heavy (non-hydrogen) atoms. The molecule has 0 radical (unpaired) electrons. The highest BCUT2D eigenvalue weighted by molar-refractivity contribution is 5.03. The fraction of sp³-hybridized carbons (Fsp3) is 0.455. The highest BCUT2D eigenvalue weighted by atomic mass is 15.6. The van der Waals surface area contributed by atoms with E-state index < -0.39 is 0 Å². The highest BCUT2D eigenvalue weighted by Gasteiger charge is 2.21. The van der Waals surface area contributed by atoms with Crippen LogP contribution in [0.4, 0.5) is 0 Å². The zero-order valence-electron chi connectivity index (χ0n) is 9.45. The van der Waals surface area contributed by atoms with Crippen LogP contribution < -0.4 is 5.32 Å². The van der Waals surface area contributed by atoms with Gasteiger partial charge in [-0.2, -0.15) is 4.80 Å². The van der Waals surface area contributed by atoms with E-state index in [1.54, 1.807) is 11.0 Å². The third-order valence-electron chi connectivity index (χ3n) is 2.92. The van der Waals surface area contributed by atoms with E-state index in [0.717, 1.165) is 31.0 Å². The van der Waals surface area contributed by atoms with Crippen molar-refractivity contribution < 1.29 is 0 Å². The number of nitrogens with zero attached hydrogens (tertiary/aromatic N) is 5. The molecule has 1 aliphatic heterocycles. The zero-order chi connectivity index (χ0) is 11.5. The number of aromatic nitrogens is 5. The van der Waals surface area contributed by atoms with Crippen molar-refractivity contribution >= 4 is 0 Å². The second-order valence-corrected chi connectivity index (χ2v) is 4.19. The van der Waals surface area contributed by atoms with E-state index in [9.17, 15) is 0 Å². The number of pyridine rings is 1. The molecule has 3 heterocycles. The number of tetrazole rings is 1. The molecule has 1 fully saturated rings. The maximum Gasteiger partial charge on any atom is 0.179 e. The maximum atomic E-state index is 4.40. The van der Waals surface area contributed by atoms with Crippen LogP contribution in [0.25, 0.3) is 0 Å². The molecule has 2 aromatic rings. The van der Waals surface area contributed by atoms with Gasteiger partial charge >= 0.3 is 0 Å². The van der Waals surface area contributed by atoms with Crippen LogP contribution in [0, 0.1) is 0 Å². The van der Waals surface area contributed by atoms with Gasteiger partial charge < -0.3 is 5.32 Å². The van der Waals surface area contributed by atoms with Crippen molar-refractivity contribution in [2.24, 2.45) is 0 Å². The Morgan fingerprint density at radius 1 is 1.41 bits per heavy atom. The number of hydrogen-bond acceptors (Lipinski definition) is 5. The fourth-order valence-corrected chi connectivity index (χ4v) is 2.00. The first-order valence-electron chi connectivity index (χ1n) is 5.80. The predicted octanol–water partition coefficient (Wildman–Crippen LogP) is 0.193. The zero-order valence-corrected chi connectivity index (χ0v) is 9.45. The highest BCUT2D eigenvalue weighted by Crippen LogP contribution is 2.17. The molecule has 6 heteroatoms. The van der Waals surface area contributed by atoms with Gasteiger partial charge in [0.2, 0.25) is 0 Å². The van der Waals surface area contributed by atoms with E-state index in [1.807, 2.05) is 18.2 Å². The fourth-order valence-electron chi connectivity index (χ4n) is 2.00. The summed E-state index contributed by atoms with van der Waals surface area (Å²) in [6.45, 7) is 2.57. The van der Waals surface area contributed by atoms with Gasteiger partial charge in [0.15, 0.2) is 5.82 Å². The molecular weight excluding hydrogens is 216 g/mol. The monoisotopic (exact) mass is 230 g/mol. The Hall–Kier alpha value is -1.82. The maximum absolute atomic E-state index is 4.40. The van der Waals surface area contributed by atoms with E-state index >= 15 is 0 Å². The van der Waals surface area contributed by atoms with E-state index in [4.69, 9.17) is 0 Å². The van der Waals surface area contributed by atoms with E-state index in [2.05, 4.69) is 25.7 Å². The van der Waals surface area contributed by atoms with Gasteiger partial charge in [0.1, 0.15) is 6.54 Å². The molecule has 1 saturated heterocycles. The molecule has 0 aromatic carbocycles. The minimum absolute atomic E-state index is 0.410. The smallest absolute Gasteiger partial charge is 0.179 e. The van der Waals surface area contributed by atoms with Crippen molar-refractivity contribution in [1.29, 1.82) is 0 Å². The normalized spacial score (nSPS) is 19.6. The molecule has 0 aliphatic carbocycles. The molecule has 0 amide bonds. The molecule has 3 rings (SSSR count). The van der Waals surface area contributed by atoms with Crippen LogP contribution in [-0.2, 0) is 6.54 Å². The Labute approximate surface area is 99.1 Å². The number of hydrogen-bond donors (Lipinski definition) is 1.